The first-order valence-electron chi connectivity index (χ1n) is 12.0. The van der Waals surface area contributed by atoms with Crippen LogP contribution in [0.4, 0.5) is 13.2 Å². The Morgan fingerprint density at radius 3 is 2.54 bits per heavy atom. The maximum atomic E-state index is 14.4. The lowest BCUT2D eigenvalue weighted by molar-refractivity contribution is -0.138. The topological polar surface area (TPSA) is 101 Å². The van der Waals surface area contributed by atoms with Gasteiger partial charge < -0.3 is 14.6 Å². The first kappa shape index (κ1) is 26.3. The van der Waals surface area contributed by atoms with E-state index in [1.807, 2.05) is 43.3 Å². The van der Waals surface area contributed by atoms with Crippen LogP contribution in [-0.4, -0.2) is 50.7 Å². The maximum Gasteiger partial charge on any atom is 0.314 e. The zero-order valence-corrected chi connectivity index (χ0v) is 20.7. The molecule has 2 amide bonds. The fourth-order valence-corrected chi connectivity index (χ4v) is 4.53. The van der Waals surface area contributed by atoms with Crippen molar-refractivity contribution in [1.29, 1.82) is 0 Å². The molecule has 3 atom stereocenters. The van der Waals surface area contributed by atoms with Crippen LogP contribution in [0.3, 0.4) is 0 Å². The lowest BCUT2D eigenvalue weighted by Gasteiger charge is -2.26. The van der Waals surface area contributed by atoms with Crippen LogP contribution in [0.15, 0.2) is 47.0 Å². The third-order valence-electron chi connectivity index (χ3n) is 6.35. The molecule has 196 valence electrons. The fraction of sp³-hybridized carbons (Fsp3) is 0.423. The molecule has 1 aliphatic rings. The van der Waals surface area contributed by atoms with Gasteiger partial charge in [0.1, 0.15) is 18.6 Å². The number of likely N-dealkylation sites (tertiary alicyclic amines) is 1. The van der Waals surface area contributed by atoms with Crippen molar-refractivity contribution in [3.8, 4) is 0 Å². The van der Waals surface area contributed by atoms with Gasteiger partial charge in [0.05, 0.1) is 18.3 Å². The standard InChI is InChI=1S/C26H28F3N5O3/c1-14(2)18-12-30-19(9-15(18)3)23(16-7-5-4-6-8-16)31-25(36)20-10-17(27)13-34(20)22(35)11-21-32-33-26(37-21)24(28)29/h4-9,12,14,17,20,23-24H,10-11,13H2,1-3H3,(H,31,36)/t17-,20+,23+/m1/s1. The van der Waals surface area contributed by atoms with E-state index in [0.29, 0.717) is 5.69 Å². The minimum absolute atomic E-state index is 0.191. The summed E-state index contributed by atoms with van der Waals surface area (Å²) in [5, 5.41) is 9.59. The Balaban J connectivity index is 1.56. The number of hydrogen-bond acceptors (Lipinski definition) is 6. The molecule has 37 heavy (non-hydrogen) atoms. The van der Waals surface area contributed by atoms with E-state index in [9.17, 15) is 22.8 Å². The number of pyridine rings is 1. The summed E-state index contributed by atoms with van der Waals surface area (Å²) in [4.78, 5) is 32.0. The van der Waals surface area contributed by atoms with Crippen molar-refractivity contribution in [2.75, 3.05) is 6.54 Å². The molecule has 1 saturated heterocycles. The van der Waals surface area contributed by atoms with Crippen molar-refractivity contribution in [3.63, 3.8) is 0 Å². The molecule has 0 bridgehead atoms. The molecule has 8 nitrogen and oxygen atoms in total. The summed E-state index contributed by atoms with van der Waals surface area (Å²) in [5.74, 6) is -2.17. The molecule has 11 heteroatoms. The molecule has 0 spiro atoms. The van der Waals surface area contributed by atoms with E-state index in [-0.39, 0.29) is 24.8 Å². The second-order valence-corrected chi connectivity index (χ2v) is 9.38. The number of hydrogen-bond donors (Lipinski definition) is 1. The third kappa shape index (κ3) is 5.98. The van der Waals surface area contributed by atoms with Gasteiger partial charge >= 0.3 is 6.43 Å². The van der Waals surface area contributed by atoms with E-state index in [1.54, 1.807) is 6.20 Å². The predicted molar refractivity (Wildman–Crippen MR) is 127 cm³/mol. The van der Waals surface area contributed by atoms with E-state index >= 15 is 0 Å². The smallest absolute Gasteiger partial charge is 0.314 e. The fourth-order valence-electron chi connectivity index (χ4n) is 4.53. The number of rotatable bonds is 8. The monoisotopic (exact) mass is 515 g/mol. The summed E-state index contributed by atoms with van der Waals surface area (Å²) in [6, 6.07) is 9.42. The van der Waals surface area contributed by atoms with Crippen molar-refractivity contribution in [2.24, 2.45) is 0 Å². The molecule has 1 aliphatic heterocycles. The summed E-state index contributed by atoms with van der Waals surface area (Å²) >= 11 is 0. The van der Waals surface area contributed by atoms with Crippen molar-refractivity contribution in [2.45, 2.75) is 64.2 Å². The molecule has 0 unspecified atom stereocenters. The van der Waals surface area contributed by atoms with Crippen molar-refractivity contribution < 1.29 is 27.2 Å². The summed E-state index contributed by atoms with van der Waals surface area (Å²) in [6.07, 6.45) is -3.31. The average Bonchev–Trinajstić information content (AvgIpc) is 3.49. The molecule has 3 heterocycles. The van der Waals surface area contributed by atoms with Gasteiger partial charge in [-0.05, 0) is 35.6 Å². The zero-order valence-electron chi connectivity index (χ0n) is 20.7. The van der Waals surface area contributed by atoms with Gasteiger partial charge in [-0.3, -0.25) is 14.6 Å². The van der Waals surface area contributed by atoms with Crippen molar-refractivity contribution in [1.82, 2.24) is 25.4 Å². The Labute approximate surface area is 212 Å². The van der Waals surface area contributed by atoms with Crippen molar-refractivity contribution in [3.05, 3.63) is 76.8 Å². The van der Waals surface area contributed by atoms with Crippen LogP contribution in [-0.2, 0) is 16.0 Å². The summed E-state index contributed by atoms with van der Waals surface area (Å²) in [7, 11) is 0. The molecule has 1 aromatic carbocycles. The quantitative estimate of drug-likeness (QED) is 0.482. The van der Waals surface area contributed by atoms with Gasteiger partial charge in [-0.1, -0.05) is 44.2 Å². The highest BCUT2D eigenvalue weighted by Gasteiger charge is 2.41. The Bertz CT molecular complexity index is 1250. The lowest BCUT2D eigenvalue weighted by atomic mass is 9.96. The highest BCUT2D eigenvalue weighted by atomic mass is 19.3. The predicted octanol–water partition coefficient (Wildman–Crippen LogP) is 4.22. The maximum absolute atomic E-state index is 14.4. The number of carbonyl (C=O) groups excluding carboxylic acids is 2. The highest BCUT2D eigenvalue weighted by Crippen LogP contribution is 2.27. The second-order valence-electron chi connectivity index (χ2n) is 9.38. The number of aryl methyl sites for hydroxylation is 1. The highest BCUT2D eigenvalue weighted by molar-refractivity contribution is 5.89. The van der Waals surface area contributed by atoms with E-state index in [0.717, 1.165) is 21.6 Å². The average molecular weight is 516 g/mol. The molecule has 1 N–H and O–H groups in total. The van der Waals surface area contributed by atoms with Gasteiger partial charge in [0.25, 0.3) is 5.89 Å². The number of carbonyl (C=O) groups is 2. The van der Waals surface area contributed by atoms with Gasteiger partial charge in [0.15, 0.2) is 0 Å². The minimum atomic E-state index is -2.97. The lowest BCUT2D eigenvalue weighted by Crippen LogP contribution is -2.47. The molecular formula is C26H28F3N5O3. The van der Waals surface area contributed by atoms with Crippen LogP contribution in [0.1, 0.15) is 72.8 Å². The van der Waals surface area contributed by atoms with E-state index in [1.165, 1.54) is 0 Å². The van der Waals surface area contributed by atoms with Gasteiger partial charge in [-0.2, -0.15) is 8.78 Å². The summed E-state index contributed by atoms with van der Waals surface area (Å²) in [5.41, 5.74) is 3.50. The molecular weight excluding hydrogens is 487 g/mol. The number of nitrogens with one attached hydrogen (secondary N) is 1. The first-order chi connectivity index (χ1) is 17.6. The Kier molecular flexibility index (Phi) is 7.89. The number of aromatic nitrogens is 3. The van der Waals surface area contributed by atoms with Gasteiger partial charge in [0.2, 0.25) is 17.7 Å². The number of halogens is 3. The van der Waals surface area contributed by atoms with E-state index < -0.39 is 48.8 Å². The largest absolute Gasteiger partial charge is 0.419 e. The molecule has 0 aliphatic carbocycles. The van der Waals surface area contributed by atoms with Gasteiger partial charge in [-0.15, -0.1) is 10.2 Å². The Morgan fingerprint density at radius 2 is 1.92 bits per heavy atom. The van der Waals surface area contributed by atoms with Crippen LogP contribution in [0.25, 0.3) is 0 Å². The number of alkyl halides is 3. The third-order valence-corrected chi connectivity index (χ3v) is 6.35. The molecule has 4 rings (SSSR count). The molecule has 0 saturated carbocycles. The Hall–Kier alpha value is -3.76. The molecule has 2 aromatic heterocycles. The Morgan fingerprint density at radius 1 is 1.19 bits per heavy atom. The minimum Gasteiger partial charge on any atom is -0.419 e. The van der Waals surface area contributed by atoms with Crippen LogP contribution >= 0.6 is 0 Å². The van der Waals surface area contributed by atoms with Crippen LogP contribution < -0.4 is 5.32 Å². The van der Waals surface area contributed by atoms with Crippen LogP contribution in [0.5, 0.6) is 0 Å². The van der Waals surface area contributed by atoms with Crippen molar-refractivity contribution >= 4 is 11.8 Å². The van der Waals surface area contributed by atoms with Crippen LogP contribution in [0, 0.1) is 6.92 Å². The molecule has 1 fully saturated rings. The SMILES string of the molecule is Cc1cc([C@@H](NC(=O)[C@@H]2C[C@@H](F)CN2C(=O)Cc2nnc(C(F)F)o2)c2ccccc2)ncc1C(C)C. The normalized spacial score (nSPS) is 18.4. The van der Waals surface area contributed by atoms with E-state index in [2.05, 4.69) is 34.3 Å². The second kappa shape index (κ2) is 11.1. The number of benzene rings is 1. The molecule has 3 aromatic rings. The number of nitrogens with zero attached hydrogens (tertiary/aromatic N) is 4. The zero-order chi connectivity index (χ0) is 26.7. The summed E-state index contributed by atoms with van der Waals surface area (Å²) < 4.78 is 44.7. The van der Waals surface area contributed by atoms with Gasteiger partial charge in [-0.25, -0.2) is 4.39 Å². The van der Waals surface area contributed by atoms with E-state index in [4.69, 9.17) is 4.42 Å². The summed E-state index contributed by atoms with van der Waals surface area (Å²) in [6.45, 7) is 5.82. The molecule has 0 radical (unpaired) electrons. The van der Waals surface area contributed by atoms with Gasteiger partial charge in [0, 0.05) is 12.6 Å². The van der Waals surface area contributed by atoms with Crippen LogP contribution in [0.2, 0.25) is 0 Å². The first-order valence-corrected chi connectivity index (χ1v) is 12.0. The number of amides is 2.